The highest BCUT2D eigenvalue weighted by atomic mass is 79.9. The Hall–Kier alpha value is -0.910. The smallest absolute Gasteiger partial charge is 0.225 e. The molecule has 0 aliphatic heterocycles. The maximum absolute atomic E-state index is 11.5. The summed E-state index contributed by atoms with van der Waals surface area (Å²) in [5.74, 6) is -0.0114. The fraction of sp³-hybridized carbons (Fsp3) is 0.417. The summed E-state index contributed by atoms with van der Waals surface area (Å²) in [6.45, 7) is 2.17. The van der Waals surface area contributed by atoms with Crippen LogP contribution in [-0.2, 0) is 22.7 Å². The second kappa shape index (κ2) is 7.42. The number of alkyl halides is 1. The van der Waals surface area contributed by atoms with E-state index in [1.54, 1.807) is 0 Å². The van der Waals surface area contributed by atoms with E-state index in [4.69, 9.17) is 5.26 Å². The number of amides is 1. The predicted octanol–water partition coefficient (Wildman–Crippen LogP) is 2.96. The lowest BCUT2D eigenvalue weighted by atomic mass is 10.1. The number of hydrogen-bond acceptors (Lipinski definition) is 3. The molecule has 0 aromatic heterocycles. The van der Waals surface area contributed by atoms with Crippen molar-refractivity contribution in [1.82, 2.24) is 0 Å². The molecule has 0 fully saturated rings. The minimum Gasteiger partial charge on any atom is -0.326 e. The van der Waals surface area contributed by atoms with Gasteiger partial charge in [0.1, 0.15) is 6.61 Å². The fourth-order valence-corrected chi connectivity index (χ4v) is 1.88. The summed E-state index contributed by atoms with van der Waals surface area (Å²) >= 11 is 3.23. The minimum atomic E-state index is -0.0114. The summed E-state index contributed by atoms with van der Waals surface area (Å²) in [5.41, 5.74) is 2.73. The van der Waals surface area contributed by atoms with Crippen molar-refractivity contribution in [1.29, 1.82) is 0 Å². The van der Waals surface area contributed by atoms with E-state index in [0.717, 1.165) is 23.2 Å². The number of hydrogen-bond donors (Lipinski definition) is 2. The number of carbonyl (C=O) groups is 1. The van der Waals surface area contributed by atoms with Crippen LogP contribution in [0.1, 0.15) is 24.5 Å². The van der Waals surface area contributed by atoms with Gasteiger partial charge < -0.3 is 5.32 Å². The molecule has 94 valence electrons. The molecule has 0 atom stereocenters. The van der Waals surface area contributed by atoms with Gasteiger partial charge in [0.05, 0.1) is 0 Å². The summed E-state index contributed by atoms with van der Waals surface area (Å²) in [4.78, 5) is 15.6. The summed E-state index contributed by atoms with van der Waals surface area (Å²) in [6.07, 6.45) is 1.26. The van der Waals surface area contributed by atoms with Crippen LogP contribution in [0.3, 0.4) is 0 Å². The van der Waals surface area contributed by atoms with E-state index in [1.807, 2.05) is 25.1 Å². The van der Waals surface area contributed by atoms with E-state index in [2.05, 4.69) is 26.1 Å². The average molecular weight is 302 g/mol. The molecule has 1 amide bonds. The zero-order chi connectivity index (χ0) is 12.7. The minimum absolute atomic E-state index is 0.0114. The van der Waals surface area contributed by atoms with Gasteiger partial charge in [0.15, 0.2) is 0 Å². The topological polar surface area (TPSA) is 58.6 Å². The Morgan fingerprint density at radius 2 is 2.29 bits per heavy atom. The first kappa shape index (κ1) is 14.2. The Kier molecular flexibility index (Phi) is 6.18. The molecule has 0 aliphatic rings. The van der Waals surface area contributed by atoms with Crippen LogP contribution in [-0.4, -0.2) is 16.5 Å². The lowest BCUT2D eigenvalue weighted by Crippen LogP contribution is -2.13. The fourth-order valence-electron chi connectivity index (χ4n) is 1.52. The van der Waals surface area contributed by atoms with Crippen molar-refractivity contribution >= 4 is 27.5 Å². The third kappa shape index (κ3) is 4.46. The molecule has 1 rings (SSSR count). The normalized spacial score (nSPS) is 10.3. The largest absolute Gasteiger partial charge is 0.326 e. The quantitative estimate of drug-likeness (QED) is 0.482. The number of anilines is 1. The lowest BCUT2D eigenvalue weighted by molar-refractivity contribution is -0.253. The molecule has 0 radical (unpaired) electrons. The van der Waals surface area contributed by atoms with E-state index in [9.17, 15) is 4.79 Å². The maximum Gasteiger partial charge on any atom is 0.225 e. The molecule has 0 bridgehead atoms. The molecule has 2 N–H and O–H groups in total. The Morgan fingerprint density at radius 1 is 1.53 bits per heavy atom. The van der Waals surface area contributed by atoms with Gasteiger partial charge in [0.25, 0.3) is 0 Å². The van der Waals surface area contributed by atoms with Crippen LogP contribution in [0.2, 0.25) is 0 Å². The molecule has 0 spiro atoms. The van der Waals surface area contributed by atoms with E-state index in [0.29, 0.717) is 11.8 Å². The number of benzene rings is 1. The monoisotopic (exact) mass is 301 g/mol. The molecule has 0 saturated carbocycles. The summed E-state index contributed by atoms with van der Waals surface area (Å²) in [5, 5.41) is 11.9. The first-order chi connectivity index (χ1) is 8.21. The lowest BCUT2D eigenvalue weighted by Gasteiger charge is -2.11. The van der Waals surface area contributed by atoms with Crippen molar-refractivity contribution in [2.75, 3.05) is 10.6 Å². The molecular formula is C12H16BrNO3. The van der Waals surface area contributed by atoms with Crippen molar-refractivity contribution in [3.63, 3.8) is 0 Å². The molecule has 5 heteroatoms. The summed E-state index contributed by atoms with van der Waals surface area (Å²) in [6, 6.07) is 5.57. The Balaban J connectivity index is 2.81. The van der Waals surface area contributed by atoms with Gasteiger partial charge >= 0.3 is 0 Å². The van der Waals surface area contributed by atoms with Crippen LogP contribution in [0, 0.1) is 0 Å². The summed E-state index contributed by atoms with van der Waals surface area (Å²) < 4.78 is 0. The SMILES string of the molecule is CCc1cc(COO)ccc1NC(=O)CCBr. The van der Waals surface area contributed by atoms with Crippen LogP contribution in [0.15, 0.2) is 18.2 Å². The van der Waals surface area contributed by atoms with Crippen molar-refractivity contribution in [2.45, 2.75) is 26.4 Å². The van der Waals surface area contributed by atoms with E-state index < -0.39 is 0 Å². The van der Waals surface area contributed by atoms with E-state index in [1.165, 1.54) is 0 Å². The number of aryl methyl sites for hydroxylation is 1. The van der Waals surface area contributed by atoms with Gasteiger partial charge in [-0.15, -0.1) is 0 Å². The molecule has 17 heavy (non-hydrogen) atoms. The highest BCUT2D eigenvalue weighted by Crippen LogP contribution is 2.19. The standard InChI is InChI=1S/C12H16BrNO3/c1-2-10-7-9(8-17-16)3-4-11(10)14-12(15)5-6-13/h3-4,7,16H,2,5-6,8H2,1H3,(H,14,15). The van der Waals surface area contributed by atoms with Crippen LogP contribution in [0.5, 0.6) is 0 Å². The Labute approximate surface area is 109 Å². The van der Waals surface area contributed by atoms with Crippen molar-refractivity contribution < 1.29 is 14.9 Å². The number of carbonyl (C=O) groups excluding carboxylic acids is 1. The second-order valence-corrected chi connectivity index (χ2v) is 4.40. The molecular weight excluding hydrogens is 286 g/mol. The predicted molar refractivity (Wildman–Crippen MR) is 70.3 cm³/mol. The molecule has 1 aromatic carbocycles. The zero-order valence-electron chi connectivity index (χ0n) is 9.70. The van der Waals surface area contributed by atoms with Gasteiger partial charge in [0, 0.05) is 17.4 Å². The van der Waals surface area contributed by atoms with Gasteiger partial charge in [-0.05, 0) is 23.6 Å². The molecule has 0 saturated heterocycles. The zero-order valence-corrected chi connectivity index (χ0v) is 11.3. The molecule has 0 unspecified atom stereocenters. The molecule has 0 heterocycles. The first-order valence-corrected chi connectivity index (χ1v) is 6.57. The number of halogens is 1. The van der Waals surface area contributed by atoms with E-state index in [-0.39, 0.29) is 12.5 Å². The third-order valence-electron chi connectivity index (χ3n) is 2.38. The van der Waals surface area contributed by atoms with E-state index >= 15 is 0 Å². The van der Waals surface area contributed by atoms with Crippen LogP contribution >= 0.6 is 15.9 Å². The van der Waals surface area contributed by atoms with Crippen molar-refractivity contribution in [2.24, 2.45) is 0 Å². The maximum atomic E-state index is 11.5. The molecule has 0 aliphatic carbocycles. The average Bonchev–Trinajstić information content (AvgIpc) is 2.31. The van der Waals surface area contributed by atoms with Gasteiger partial charge in [-0.25, -0.2) is 4.89 Å². The highest BCUT2D eigenvalue weighted by molar-refractivity contribution is 9.09. The van der Waals surface area contributed by atoms with Gasteiger partial charge in [-0.3, -0.25) is 10.1 Å². The molecule has 1 aromatic rings. The Bertz CT molecular complexity index is 382. The van der Waals surface area contributed by atoms with Gasteiger partial charge in [0.2, 0.25) is 5.91 Å². The van der Waals surface area contributed by atoms with Crippen LogP contribution < -0.4 is 5.32 Å². The molecule has 4 nitrogen and oxygen atoms in total. The number of nitrogens with one attached hydrogen (secondary N) is 1. The second-order valence-electron chi connectivity index (χ2n) is 3.61. The highest BCUT2D eigenvalue weighted by Gasteiger charge is 2.06. The van der Waals surface area contributed by atoms with Crippen molar-refractivity contribution in [3.05, 3.63) is 29.3 Å². The van der Waals surface area contributed by atoms with Crippen LogP contribution in [0.25, 0.3) is 0 Å². The van der Waals surface area contributed by atoms with Crippen molar-refractivity contribution in [3.8, 4) is 0 Å². The Morgan fingerprint density at radius 3 is 2.88 bits per heavy atom. The van der Waals surface area contributed by atoms with Gasteiger partial charge in [-0.2, -0.15) is 0 Å². The first-order valence-electron chi connectivity index (χ1n) is 5.45. The number of rotatable bonds is 6. The van der Waals surface area contributed by atoms with Gasteiger partial charge in [-0.1, -0.05) is 35.0 Å². The van der Waals surface area contributed by atoms with Crippen LogP contribution in [0.4, 0.5) is 5.69 Å². The summed E-state index contributed by atoms with van der Waals surface area (Å²) in [7, 11) is 0. The third-order valence-corrected chi connectivity index (χ3v) is 2.77.